The maximum atomic E-state index is 12.2. The highest BCUT2D eigenvalue weighted by molar-refractivity contribution is 9.10. The van der Waals surface area contributed by atoms with Gasteiger partial charge in [-0.1, -0.05) is 22.0 Å². The second kappa shape index (κ2) is 5.74. The first-order chi connectivity index (χ1) is 9.79. The highest BCUT2D eigenvalue weighted by atomic mass is 79.9. The van der Waals surface area contributed by atoms with Crippen LogP contribution in [0.1, 0.15) is 10.4 Å². The van der Waals surface area contributed by atoms with Crippen molar-refractivity contribution >= 4 is 37.6 Å². The summed E-state index contributed by atoms with van der Waals surface area (Å²) in [6, 6.07) is 9.52. The van der Waals surface area contributed by atoms with Crippen molar-refractivity contribution in [2.24, 2.45) is 0 Å². The molecule has 2 rings (SSSR count). The number of carboxylic acids is 1. The van der Waals surface area contributed by atoms with Gasteiger partial charge in [-0.2, -0.15) is 0 Å². The van der Waals surface area contributed by atoms with Gasteiger partial charge >= 0.3 is 5.97 Å². The van der Waals surface area contributed by atoms with Crippen LogP contribution in [0.15, 0.2) is 51.8 Å². The van der Waals surface area contributed by atoms with Gasteiger partial charge in [-0.05, 0) is 30.3 Å². The van der Waals surface area contributed by atoms with Gasteiger partial charge in [-0.15, -0.1) is 0 Å². The van der Waals surface area contributed by atoms with Gasteiger partial charge in [0.2, 0.25) is 0 Å². The van der Waals surface area contributed by atoms with E-state index >= 15 is 0 Å². The van der Waals surface area contributed by atoms with Crippen molar-refractivity contribution in [2.75, 3.05) is 4.72 Å². The van der Waals surface area contributed by atoms with Crippen LogP contribution in [0.3, 0.4) is 0 Å². The van der Waals surface area contributed by atoms with E-state index in [4.69, 9.17) is 5.11 Å². The minimum atomic E-state index is -3.82. The first-order valence-electron chi connectivity index (χ1n) is 5.64. The molecule has 0 aromatic heterocycles. The number of aromatic carboxylic acids is 1. The number of sulfonamides is 1. The first-order valence-corrected chi connectivity index (χ1v) is 7.92. The third-order valence-corrected chi connectivity index (χ3v) is 4.46. The van der Waals surface area contributed by atoms with Crippen LogP contribution < -0.4 is 4.72 Å². The van der Waals surface area contributed by atoms with Crippen LogP contribution in [0.4, 0.5) is 5.69 Å². The zero-order chi connectivity index (χ0) is 15.6. The Bertz CT molecular complexity index is 804. The van der Waals surface area contributed by atoms with E-state index in [0.29, 0.717) is 4.47 Å². The van der Waals surface area contributed by atoms with Gasteiger partial charge in [0.1, 0.15) is 11.3 Å². The highest BCUT2D eigenvalue weighted by Gasteiger charge is 2.16. The third-order valence-electron chi connectivity index (χ3n) is 2.59. The molecule has 0 heterocycles. The van der Waals surface area contributed by atoms with E-state index in [0.717, 1.165) is 12.1 Å². The first kappa shape index (κ1) is 15.3. The molecule has 0 bridgehead atoms. The molecule has 2 aromatic rings. The predicted molar refractivity (Wildman–Crippen MR) is 80.0 cm³/mol. The SMILES string of the molecule is O=C(O)c1ccc(NS(=O)(=O)c2cccc(Br)c2)cc1O. The normalized spacial score (nSPS) is 11.1. The lowest BCUT2D eigenvalue weighted by Gasteiger charge is -2.09. The molecule has 110 valence electrons. The number of carboxylic acid groups (broad SMARTS) is 1. The van der Waals surface area contributed by atoms with Gasteiger partial charge in [-0.3, -0.25) is 4.72 Å². The Labute approximate surface area is 129 Å². The van der Waals surface area contributed by atoms with Crippen LogP contribution in [-0.2, 0) is 10.0 Å². The molecule has 0 saturated carbocycles. The Morgan fingerprint density at radius 1 is 1.14 bits per heavy atom. The summed E-state index contributed by atoms with van der Waals surface area (Å²) in [5.74, 6) is -1.81. The number of nitrogens with one attached hydrogen (secondary N) is 1. The summed E-state index contributed by atoms with van der Waals surface area (Å²) in [5.41, 5.74) is -0.238. The highest BCUT2D eigenvalue weighted by Crippen LogP contribution is 2.25. The smallest absolute Gasteiger partial charge is 0.339 e. The number of anilines is 1. The average molecular weight is 372 g/mol. The van der Waals surface area contributed by atoms with Gasteiger partial charge in [0.05, 0.1) is 10.6 Å². The molecule has 0 unspecified atom stereocenters. The minimum absolute atomic E-state index is 0.0404. The Morgan fingerprint density at radius 2 is 1.86 bits per heavy atom. The standard InChI is InChI=1S/C13H10BrNO5S/c14-8-2-1-3-10(6-8)21(19,20)15-9-4-5-11(13(17)18)12(16)7-9/h1-7,15-16H,(H,17,18). The molecular formula is C13H10BrNO5S. The fourth-order valence-corrected chi connectivity index (χ4v) is 3.27. The van der Waals surface area contributed by atoms with Gasteiger partial charge in [0.25, 0.3) is 10.0 Å². The molecule has 0 spiro atoms. The quantitative estimate of drug-likeness (QED) is 0.766. The number of aromatic hydroxyl groups is 1. The summed E-state index contributed by atoms with van der Waals surface area (Å²) >= 11 is 3.18. The number of halogens is 1. The van der Waals surface area contributed by atoms with E-state index in [-0.39, 0.29) is 16.1 Å². The third kappa shape index (κ3) is 3.53. The van der Waals surface area contributed by atoms with Crippen molar-refractivity contribution in [3.8, 4) is 5.75 Å². The van der Waals surface area contributed by atoms with Crippen LogP contribution in [0, 0.1) is 0 Å². The van der Waals surface area contributed by atoms with Crippen molar-refractivity contribution in [3.05, 3.63) is 52.5 Å². The zero-order valence-corrected chi connectivity index (χ0v) is 12.8. The van der Waals surface area contributed by atoms with Crippen LogP contribution in [0.2, 0.25) is 0 Å². The number of benzene rings is 2. The molecule has 0 fully saturated rings. The van der Waals surface area contributed by atoms with E-state index in [1.807, 2.05) is 0 Å². The lowest BCUT2D eigenvalue weighted by molar-refractivity contribution is 0.0694. The second-order valence-corrected chi connectivity index (χ2v) is 6.70. The Balaban J connectivity index is 2.33. The fourth-order valence-electron chi connectivity index (χ4n) is 1.62. The zero-order valence-electron chi connectivity index (χ0n) is 10.4. The number of hydrogen-bond donors (Lipinski definition) is 3. The van der Waals surface area contributed by atoms with Crippen LogP contribution in [0.25, 0.3) is 0 Å². The number of hydrogen-bond acceptors (Lipinski definition) is 4. The van der Waals surface area contributed by atoms with Gasteiger partial charge in [0, 0.05) is 10.5 Å². The summed E-state index contributed by atoms with van der Waals surface area (Å²) in [6.07, 6.45) is 0. The monoisotopic (exact) mass is 371 g/mol. The summed E-state index contributed by atoms with van der Waals surface area (Å²) in [5, 5.41) is 18.3. The summed E-state index contributed by atoms with van der Waals surface area (Å²) in [4.78, 5) is 10.8. The van der Waals surface area contributed by atoms with E-state index < -0.39 is 21.7 Å². The van der Waals surface area contributed by atoms with Crippen LogP contribution in [-0.4, -0.2) is 24.6 Å². The van der Waals surface area contributed by atoms with E-state index in [1.54, 1.807) is 12.1 Å². The van der Waals surface area contributed by atoms with E-state index in [9.17, 15) is 18.3 Å². The Hall–Kier alpha value is -2.06. The van der Waals surface area contributed by atoms with Crippen molar-refractivity contribution in [2.45, 2.75) is 4.90 Å². The summed E-state index contributed by atoms with van der Waals surface area (Å²) in [7, 11) is -3.82. The van der Waals surface area contributed by atoms with E-state index in [1.165, 1.54) is 18.2 Å². The molecule has 2 aromatic carbocycles. The van der Waals surface area contributed by atoms with Crippen molar-refractivity contribution < 1.29 is 23.4 Å². The van der Waals surface area contributed by atoms with Crippen molar-refractivity contribution in [1.29, 1.82) is 0 Å². The molecule has 0 aliphatic rings. The van der Waals surface area contributed by atoms with E-state index in [2.05, 4.69) is 20.7 Å². The fraction of sp³-hybridized carbons (Fsp3) is 0. The topological polar surface area (TPSA) is 104 Å². The molecule has 8 heteroatoms. The Kier molecular flexibility index (Phi) is 4.19. The van der Waals surface area contributed by atoms with Gasteiger partial charge in [-0.25, -0.2) is 13.2 Å². The average Bonchev–Trinajstić information content (AvgIpc) is 2.37. The molecule has 0 aliphatic carbocycles. The molecule has 0 radical (unpaired) electrons. The molecular weight excluding hydrogens is 362 g/mol. The molecule has 21 heavy (non-hydrogen) atoms. The van der Waals surface area contributed by atoms with Crippen molar-refractivity contribution in [1.82, 2.24) is 0 Å². The van der Waals surface area contributed by atoms with Gasteiger partial charge in [0.15, 0.2) is 0 Å². The van der Waals surface area contributed by atoms with Crippen molar-refractivity contribution in [3.63, 3.8) is 0 Å². The Morgan fingerprint density at radius 3 is 2.43 bits per heavy atom. The molecule has 6 nitrogen and oxygen atoms in total. The molecule has 0 saturated heterocycles. The number of carbonyl (C=O) groups is 1. The lowest BCUT2D eigenvalue weighted by Crippen LogP contribution is -2.13. The summed E-state index contributed by atoms with van der Waals surface area (Å²) < 4.78 is 27.2. The largest absolute Gasteiger partial charge is 0.507 e. The number of phenols is 1. The predicted octanol–water partition coefficient (Wildman–Crippen LogP) is 2.65. The van der Waals surface area contributed by atoms with Crippen LogP contribution >= 0.6 is 15.9 Å². The van der Waals surface area contributed by atoms with Gasteiger partial charge < -0.3 is 10.2 Å². The molecule has 0 amide bonds. The molecule has 3 N–H and O–H groups in total. The summed E-state index contributed by atoms with van der Waals surface area (Å²) in [6.45, 7) is 0. The maximum absolute atomic E-state index is 12.2. The lowest BCUT2D eigenvalue weighted by atomic mass is 10.2. The maximum Gasteiger partial charge on any atom is 0.339 e. The van der Waals surface area contributed by atoms with Crippen LogP contribution in [0.5, 0.6) is 5.75 Å². The molecule has 0 atom stereocenters. The minimum Gasteiger partial charge on any atom is -0.507 e. The molecule has 0 aliphatic heterocycles. The number of rotatable bonds is 4. The second-order valence-electron chi connectivity index (χ2n) is 4.10.